The van der Waals surface area contributed by atoms with Crippen LogP contribution in [0.15, 0.2) is 48.5 Å². The van der Waals surface area contributed by atoms with Gasteiger partial charge in [-0.05, 0) is 23.6 Å². The minimum Gasteiger partial charge on any atom is -0.364 e. The van der Waals surface area contributed by atoms with Gasteiger partial charge in [-0.15, -0.1) is 0 Å². The summed E-state index contributed by atoms with van der Waals surface area (Å²) in [6.45, 7) is 0. The predicted octanol–water partition coefficient (Wildman–Crippen LogP) is 2.26. The molecule has 0 aliphatic rings. The van der Waals surface area contributed by atoms with E-state index < -0.39 is 5.91 Å². The molecule has 0 saturated carbocycles. The summed E-state index contributed by atoms with van der Waals surface area (Å²) in [7, 11) is 1.82. The highest BCUT2D eigenvalue weighted by Crippen LogP contribution is 2.24. The number of primary amides is 1. The molecule has 3 rings (SSSR count). The van der Waals surface area contributed by atoms with Crippen LogP contribution in [0.3, 0.4) is 0 Å². The number of amides is 1. The zero-order chi connectivity index (χ0) is 14.1. The summed E-state index contributed by atoms with van der Waals surface area (Å²) in [6.07, 6.45) is 0.754. The van der Waals surface area contributed by atoms with Gasteiger partial charge in [0.15, 0.2) is 5.69 Å². The number of hydrogen-bond acceptors (Lipinski definition) is 2. The van der Waals surface area contributed by atoms with Crippen molar-refractivity contribution in [3.8, 4) is 0 Å². The molecule has 0 unspecified atom stereocenters. The van der Waals surface area contributed by atoms with Crippen LogP contribution in [0, 0.1) is 0 Å². The molecule has 0 atom stereocenters. The second-order valence-corrected chi connectivity index (χ2v) is 4.81. The molecule has 4 heteroatoms. The SMILES string of the molecule is Cn1nc(C(N)=O)c2c(Cc3ccccc3)cccc21. The van der Waals surface area contributed by atoms with Crippen molar-refractivity contribution in [3.63, 3.8) is 0 Å². The van der Waals surface area contributed by atoms with Gasteiger partial charge in [0.25, 0.3) is 5.91 Å². The topological polar surface area (TPSA) is 60.9 Å². The highest BCUT2D eigenvalue weighted by Gasteiger charge is 2.16. The van der Waals surface area contributed by atoms with Crippen molar-refractivity contribution >= 4 is 16.8 Å². The van der Waals surface area contributed by atoms with E-state index in [4.69, 9.17) is 5.73 Å². The first kappa shape index (κ1) is 12.4. The minimum absolute atomic E-state index is 0.342. The van der Waals surface area contributed by atoms with Gasteiger partial charge in [0.1, 0.15) is 0 Å². The van der Waals surface area contributed by atoms with Gasteiger partial charge in [-0.2, -0.15) is 5.10 Å². The summed E-state index contributed by atoms with van der Waals surface area (Å²) in [5.41, 5.74) is 8.96. The molecule has 0 aliphatic heterocycles. The standard InChI is InChI=1S/C16H15N3O/c1-19-13-9-5-8-12(10-11-6-3-2-4-7-11)14(13)15(18-19)16(17)20/h2-9H,10H2,1H3,(H2,17,20). The smallest absolute Gasteiger partial charge is 0.269 e. The molecular formula is C16H15N3O. The van der Waals surface area contributed by atoms with Gasteiger partial charge in [-0.1, -0.05) is 42.5 Å². The summed E-state index contributed by atoms with van der Waals surface area (Å²) in [4.78, 5) is 11.6. The number of aromatic nitrogens is 2. The number of benzene rings is 2. The first-order valence-corrected chi connectivity index (χ1v) is 6.45. The second kappa shape index (κ2) is 4.81. The number of hydrogen-bond donors (Lipinski definition) is 1. The van der Waals surface area contributed by atoms with Crippen LogP contribution in [-0.4, -0.2) is 15.7 Å². The zero-order valence-corrected chi connectivity index (χ0v) is 11.2. The quantitative estimate of drug-likeness (QED) is 0.789. The summed E-state index contributed by atoms with van der Waals surface area (Å²) in [5.74, 6) is -0.490. The molecule has 0 aliphatic carbocycles. The van der Waals surface area contributed by atoms with E-state index in [0.29, 0.717) is 5.69 Å². The maximum atomic E-state index is 11.6. The lowest BCUT2D eigenvalue weighted by Crippen LogP contribution is -2.12. The minimum atomic E-state index is -0.490. The highest BCUT2D eigenvalue weighted by atomic mass is 16.1. The van der Waals surface area contributed by atoms with Gasteiger partial charge in [0.05, 0.1) is 5.52 Å². The van der Waals surface area contributed by atoms with E-state index in [2.05, 4.69) is 17.2 Å². The van der Waals surface area contributed by atoms with Crippen molar-refractivity contribution in [2.24, 2.45) is 12.8 Å². The van der Waals surface area contributed by atoms with E-state index in [-0.39, 0.29) is 0 Å². The molecule has 0 radical (unpaired) electrons. The summed E-state index contributed by atoms with van der Waals surface area (Å²) >= 11 is 0. The van der Waals surface area contributed by atoms with E-state index in [1.54, 1.807) is 4.68 Å². The van der Waals surface area contributed by atoms with Crippen LogP contribution < -0.4 is 5.73 Å². The van der Waals surface area contributed by atoms with Crippen LogP contribution in [0.2, 0.25) is 0 Å². The number of aryl methyl sites for hydroxylation is 1. The predicted molar refractivity (Wildman–Crippen MR) is 78.5 cm³/mol. The average molecular weight is 265 g/mol. The van der Waals surface area contributed by atoms with Crippen molar-refractivity contribution < 1.29 is 4.79 Å². The third-order valence-electron chi connectivity index (χ3n) is 3.43. The molecule has 1 heterocycles. The van der Waals surface area contributed by atoms with E-state index in [9.17, 15) is 4.79 Å². The number of rotatable bonds is 3. The van der Waals surface area contributed by atoms with E-state index in [0.717, 1.165) is 22.9 Å². The molecule has 2 N–H and O–H groups in total. The Morgan fingerprint density at radius 1 is 1.15 bits per heavy atom. The van der Waals surface area contributed by atoms with E-state index >= 15 is 0 Å². The fraction of sp³-hybridized carbons (Fsp3) is 0.125. The first-order valence-electron chi connectivity index (χ1n) is 6.45. The van der Waals surface area contributed by atoms with Crippen molar-refractivity contribution in [1.29, 1.82) is 0 Å². The maximum Gasteiger partial charge on any atom is 0.269 e. The second-order valence-electron chi connectivity index (χ2n) is 4.81. The van der Waals surface area contributed by atoms with Gasteiger partial charge >= 0.3 is 0 Å². The molecule has 100 valence electrons. The number of carbonyl (C=O) groups excluding carboxylic acids is 1. The fourth-order valence-electron chi connectivity index (χ4n) is 2.52. The van der Waals surface area contributed by atoms with Gasteiger partial charge in [-0.25, -0.2) is 0 Å². The Balaban J connectivity index is 2.18. The molecular weight excluding hydrogens is 250 g/mol. The molecule has 1 amide bonds. The monoisotopic (exact) mass is 265 g/mol. The Kier molecular flexibility index (Phi) is 2.99. The number of carbonyl (C=O) groups is 1. The molecule has 2 aromatic carbocycles. The van der Waals surface area contributed by atoms with Gasteiger partial charge < -0.3 is 5.73 Å². The Morgan fingerprint density at radius 3 is 2.60 bits per heavy atom. The third kappa shape index (κ3) is 2.05. The lowest BCUT2D eigenvalue weighted by atomic mass is 10.00. The van der Waals surface area contributed by atoms with Crippen LogP contribution in [-0.2, 0) is 13.5 Å². The lowest BCUT2D eigenvalue weighted by molar-refractivity contribution is 0.0996. The Hall–Kier alpha value is -2.62. The highest BCUT2D eigenvalue weighted by molar-refractivity contribution is 6.05. The molecule has 0 fully saturated rings. The number of nitrogens with zero attached hydrogens (tertiary/aromatic N) is 2. The summed E-state index contributed by atoms with van der Waals surface area (Å²) in [6, 6.07) is 16.1. The molecule has 3 aromatic rings. The zero-order valence-electron chi connectivity index (χ0n) is 11.2. The van der Waals surface area contributed by atoms with Crippen LogP contribution >= 0.6 is 0 Å². The Morgan fingerprint density at radius 2 is 1.90 bits per heavy atom. The Labute approximate surface area is 116 Å². The molecule has 4 nitrogen and oxygen atoms in total. The largest absolute Gasteiger partial charge is 0.364 e. The van der Waals surface area contributed by atoms with Crippen molar-refractivity contribution in [3.05, 3.63) is 65.4 Å². The van der Waals surface area contributed by atoms with Crippen LogP contribution in [0.5, 0.6) is 0 Å². The Bertz CT molecular complexity index is 775. The van der Waals surface area contributed by atoms with Crippen LogP contribution in [0.25, 0.3) is 10.9 Å². The van der Waals surface area contributed by atoms with Crippen molar-refractivity contribution in [2.45, 2.75) is 6.42 Å². The van der Waals surface area contributed by atoms with E-state index in [1.165, 1.54) is 5.56 Å². The molecule has 0 saturated heterocycles. The normalized spacial score (nSPS) is 10.8. The first-order chi connectivity index (χ1) is 9.66. The lowest BCUT2D eigenvalue weighted by Gasteiger charge is -2.05. The average Bonchev–Trinajstić information content (AvgIpc) is 2.79. The van der Waals surface area contributed by atoms with Crippen molar-refractivity contribution in [2.75, 3.05) is 0 Å². The van der Waals surface area contributed by atoms with Gasteiger partial charge in [0.2, 0.25) is 0 Å². The summed E-state index contributed by atoms with van der Waals surface area (Å²) in [5, 5.41) is 5.09. The maximum absolute atomic E-state index is 11.6. The molecule has 0 bridgehead atoms. The molecule has 0 spiro atoms. The number of fused-ring (bicyclic) bond motifs is 1. The number of nitrogens with two attached hydrogens (primary N) is 1. The summed E-state index contributed by atoms with van der Waals surface area (Å²) < 4.78 is 1.70. The fourth-order valence-corrected chi connectivity index (χ4v) is 2.52. The molecule has 1 aromatic heterocycles. The van der Waals surface area contributed by atoms with E-state index in [1.807, 2.05) is 43.4 Å². The van der Waals surface area contributed by atoms with Gasteiger partial charge in [0, 0.05) is 12.4 Å². The van der Waals surface area contributed by atoms with Gasteiger partial charge in [-0.3, -0.25) is 9.48 Å². The van der Waals surface area contributed by atoms with Crippen molar-refractivity contribution in [1.82, 2.24) is 9.78 Å². The van der Waals surface area contributed by atoms with Crippen LogP contribution in [0.1, 0.15) is 21.6 Å². The third-order valence-corrected chi connectivity index (χ3v) is 3.43. The molecule has 20 heavy (non-hydrogen) atoms. The van der Waals surface area contributed by atoms with Crippen LogP contribution in [0.4, 0.5) is 0 Å².